The monoisotopic (exact) mass is 370 g/mol. The van der Waals surface area contributed by atoms with Crippen molar-refractivity contribution in [2.45, 2.75) is 32.1 Å². The highest BCUT2D eigenvalue weighted by molar-refractivity contribution is 5.98. The van der Waals surface area contributed by atoms with Crippen molar-refractivity contribution in [2.75, 3.05) is 33.2 Å². The molecule has 2 aromatic carbocycles. The lowest BCUT2D eigenvalue weighted by atomic mass is 9.86. The van der Waals surface area contributed by atoms with Crippen molar-refractivity contribution in [2.24, 2.45) is 0 Å². The van der Waals surface area contributed by atoms with Crippen molar-refractivity contribution >= 4 is 17.3 Å². The molecule has 2 heterocycles. The third kappa shape index (κ3) is 3.20. The maximum Gasteiger partial charge on any atom is 0.0452 e. The van der Waals surface area contributed by atoms with Gasteiger partial charge >= 0.3 is 0 Å². The summed E-state index contributed by atoms with van der Waals surface area (Å²) in [6.07, 6.45) is 8.79. The molecular weight excluding hydrogens is 340 g/mol. The third-order valence-electron chi connectivity index (χ3n) is 6.64. The van der Waals surface area contributed by atoms with E-state index in [1.165, 1.54) is 78.7 Å². The van der Waals surface area contributed by atoms with Crippen LogP contribution in [-0.2, 0) is 0 Å². The average Bonchev–Trinajstić information content (AvgIpc) is 2.90. The van der Waals surface area contributed by atoms with E-state index < -0.39 is 0 Å². The van der Waals surface area contributed by atoms with Crippen molar-refractivity contribution in [1.82, 2.24) is 9.80 Å². The molecule has 0 unspecified atom stereocenters. The second-order valence-corrected chi connectivity index (χ2v) is 8.49. The number of hydrogen-bond donors (Lipinski definition) is 0. The predicted octanol–water partition coefficient (Wildman–Crippen LogP) is 5.51. The van der Waals surface area contributed by atoms with E-state index >= 15 is 0 Å². The Hall–Kier alpha value is -2.32. The predicted molar refractivity (Wildman–Crippen MR) is 119 cm³/mol. The molecule has 0 aromatic heterocycles. The van der Waals surface area contributed by atoms with E-state index in [-0.39, 0.29) is 0 Å². The molecule has 3 aliphatic rings. The Balaban J connectivity index is 1.73. The maximum absolute atomic E-state index is 2.63. The summed E-state index contributed by atoms with van der Waals surface area (Å²) in [7, 11) is 2.24. The van der Waals surface area contributed by atoms with Crippen LogP contribution in [0.25, 0.3) is 17.3 Å². The normalized spacial score (nSPS) is 20.3. The van der Waals surface area contributed by atoms with Crippen LogP contribution in [0.5, 0.6) is 0 Å². The van der Waals surface area contributed by atoms with Crippen LogP contribution >= 0.6 is 0 Å². The molecule has 0 saturated carbocycles. The fraction of sp³-hybridized carbons (Fsp3) is 0.385. The van der Waals surface area contributed by atoms with Gasteiger partial charge in [0.1, 0.15) is 0 Å². The van der Waals surface area contributed by atoms with E-state index in [1.807, 2.05) is 0 Å². The van der Waals surface area contributed by atoms with Gasteiger partial charge in [-0.15, -0.1) is 0 Å². The smallest absolute Gasteiger partial charge is 0.0452 e. The number of fused-ring (bicyclic) bond motifs is 2. The topological polar surface area (TPSA) is 6.48 Å². The first-order valence-corrected chi connectivity index (χ1v) is 10.9. The molecular formula is C26H30N2. The van der Waals surface area contributed by atoms with Crippen LogP contribution in [0.15, 0.2) is 54.1 Å². The molecule has 0 atom stereocenters. The van der Waals surface area contributed by atoms with Crippen LogP contribution in [0.1, 0.15) is 54.4 Å². The Labute approximate surface area is 169 Å². The van der Waals surface area contributed by atoms with Gasteiger partial charge in [-0.05, 0) is 67.5 Å². The Morgan fingerprint density at radius 1 is 0.679 bits per heavy atom. The molecule has 2 aromatic rings. The van der Waals surface area contributed by atoms with Gasteiger partial charge in [0, 0.05) is 37.4 Å². The molecule has 0 spiro atoms. The Morgan fingerprint density at radius 3 is 2.07 bits per heavy atom. The van der Waals surface area contributed by atoms with Crippen LogP contribution in [0.2, 0.25) is 0 Å². The fourth-order valence-electron chi connectivity index (χ4n) is 5.06. The zero-order chi connectivity index (χ0) is 18.9. The minimum absolute atomic E-state index is 1.16. The van der Waals surface area contributed by atoms with Crippen molar-refractivity contribution in [3.05, 3.63) is 76.4 Å². The molecule has 28 heavy (non-hydrogen) atoms. The first-order chi connectivity index (χ1) is 13.8. The van der Waals surface area contributed by atoms with Crippen LogP contribution < -0.4 is 0 Å². The lowest BCUT2D eigenvalue weighted by molar-refractivity contribution is 0.313. The number of benzene rings is 2. The molecule has 144 valence electrons. The number of piperidine rings is 2. The molecule has 2 aliphatic heterocycles. The van der Waals surface area contributed by atoms with Crippen LogP contribution in [0.3, 0.4) is 0 Å². The summed E-state index contributed by atoms with van der Waals surface area (Å²) in [6, 6.07) is 18.2. The molecule has 2 fully saturated rings. The first kappa shape index (κ1) is 17.8. The lowest BCUT2D eigenvalue weighted by Crippen LogP contribution is -2.28. The number of rotatable bonds is 1. The minimum Gasteiger partial charge on any atom is -0.371 e. The van der Waals surface area contributed by atoms with Gasteiger partial charge < -0.3 is 9.80 Å². The summed E-state index contributed by atoms with van der Waals surface area (Å²) in [6.45, 7) is 4.68. The maximum atomic E-state index is 2.63. The highest BCUT2D eigenvalue weighted by Gasteiger charge is 2.26. The van der Waals surface area contributed by atoms with Gasteiger partial charge in [0.05, 0.1) is 0 Å². The summed E-state index contributed by atoms with van der Waals surface area (Å²) in [5.41, 5.74) is 10.2. The number of nitrogens with zero attached hydrogens (tertiary/aromatic N) is 2. The van der Waals surface area contributed by atoms with Gasteiger partial charge in [-0.25, -0.2) is 0 Å². The van der Waals surface area contributed by atoms with Gasteiger partial charge in [0.15, 0.2) is 0 Å². The molecule has 5 rings (SSSR count). The third-order valence-corrected chi connectivity index (χ3v) is 6.64. The Kier molecular flexibility index (Phi) is 4.82. The van der Waals surface area contributed by atoms with E-state index in [2.05, 4.69) is 71.5 Å². The van der Waals surface area contributed by atoms with E-state index in [1.54, 1.807) is 5.57 Å². The summed E-state index contributed by atoms with van der Waals surface area (Å²) < 4.78 is 0. The fourth-order valence-corrected chi connectivity index (χ4v) is 5.06. The largest absolute Gasteiger partial charge is 0.371 e. The van der Waals surface area contributed by atoms with Crippen molar-refractivity contribution in [3.8, 4) is 0 Å². The van der Waals surface area contributed by atoms with Gasteiger partial charge in [0.25, 0.3) is 0 Å². The molecule has 1 aliphatic carbocycles. The zero-order valence-corrected chi connectivity index (χ0v) is 17.0. The second-order valence-electron chi connectivity index (χ2n) is 8.49. The van der Waals surface area contributed by atoms with E-state index in [0.717, 1.165) is 13.1 Å². The number of hydrogen-bond acceptors (Lipinski definition) is 2. The van der Waals surface area contributed by atoms with Crippen LogP contribution in [0, 0.1) is 0 Å². The molecule has 0 radical (unpaired) electrons. The van der Waals surface area contributed by atoms with Gasteiger partial charge in [-0.1, -0.05) is 54.1 Å². The van der Waals surface area contributed by atoms with Gasteiger partial charge in [-0.2, -0.15) is 0 Å². The zero-order valence-electron chi connectivity index (χ0n) is 17.0. The highest BCUT2D eigenvalue weighted by Crippen LogP contribution is 2.42. The molecule has 2 heteroatoms. The molecule has 2 nitrogen and oxygen atoms in total. The van der Waals surface area contributed by atoms with Gasteiger partial charge in [0.2, 0.25) is 0 Å². The van der Waals surface area contributed by atoms with Gasteiger partial charge in [-0.3, -0.25) is 0 Å². The second kappa shape index (κ2) is 7.60. The summed E-state index contributed by atoms with van der Waals surface area (Å²) in [5, 5.41) is 0. The molecule has 0 amide bonds. The van der Waals surface area contributed by atoms with Crippen molar-refractivity contribution in [1.29, 1.82) is 0 Å². The number of likely N-dealkylation sites (tertiary alicyclic amines) is 2. The van der Waals surface area contributed by atoms with E-state index in [0.29, 0.717) is 0 Å². The Bertz CT molecular complexity index is 921. The summed E-state index contributed by atoms with van der Waals surface area (Å²) >= 11 is 0. The van der Waals surface area contributed by atoms with Crippen molar-refractivity contribution in [3.63, 3.8) is 0 Å². The highest BCUT2D eigenvalue weighted by atomic mass is 15.1. The standard InChI is InChI=1S/C26H30N2/c1-27-17-13-20(14-18-27)26-22-10-4-3-9-21(22)19-25(28-15-7-2-8-16-28)23-11-5-6-12-24(23)26/h3-6,9-12,19H,2,7-8,13-18H2,1H3. The summed E-state index contributed by atoms with van der Waals surface area (Å²) in [5.74, 6) is 0. The quantitative estimate of drug-likeness (QED) is 0.653. The lowest BCUT2D eigenvalue weighted by Gasteiger charge is -2.32. The minimum atomic E-state index is 1.16. The summed E-state index contributed by atoms with van der Waals surface area (Å²) in [4.78, 5) is 5.08. The van der Waals surface area contributed by atoms with Crippen molar-refractivity contribution < 1.29 is 0 Å². The average molecular weight is 371 g/mol. The van der Waals surface area contributed by atoms with Crippen LogP contribution in [-0.4, -0.2) is 43.0 Å². The first-order valence-electron chi connectivity index (χ1n) is 10.9. The molecule has 0 bridgehead atoms. The van der Waals surface area contributed by atoms with E-state index in [4.69, 9.17) is 0 Å². The Morgan fingerprint density at radius 2 is 1.32 bits per heavy atom. The van der Waals surface area contributed by atoms with E-state index in [9.17, 15) is 0 Å². The SMILES string of the molecule is CN1CCC(=C2c3ccccc3C=C(N3CCCCC3)c3ccccc32)CC1. The molecule has 2 saturated heterocycles. The molecule has 0 N–H and O–H groups in total. The van der Waals surface area contributed by atoms with Crippen LogP contribution in [0.4, 0.5) is 0 Å².